The Morgan fingerprint density at radius 3 is 2.28 bits per heavy atom. The van der Waals surface area contributed by atoms with Gasteiger partial charge in [0.25, 0.3) is 0 Å². The van der Waals surface area contributed by atoms with Crippen LogP contribution in [0.4, 0.5) is 4.79 Å². The van der Waals surface area contributed by atoms with Crippen molar-refractivity contribution >= 4 is 22.0 Å². The molecule has 0 aliphatic carbocycles. The van der Waals surface area contributed by atoms with Gasteiger partial charge < -0.3 is 10.5 Å². The average molecular weight is 314 g/mol. The summed E-state index contributed by atoms with van der Waals surface area (Å²) in [7, 11) is 0. The van der Waals surface area contributed by atoms with Crippen molar-refractivity contribution in [2.45, 2.75) is 46.1 Å². The standard InChI is InChI=1S/C14H20BrNO2/c1-9-7-11(15)8-10(2)12(9)5-6-14(3,4)18-13(16)17/h7-8H,5-6H2,1-4H3,(H2,16,17). The fourth-order valence-electron chi connectivity index (χ4n) is 2.08. The molecule has 0 aromatic heterocycles. The number of benzene rings is 1. The van der Waals surface area contributed by atoms with Crippen molar-refractivity contribution in [3.05, 3.63) is 33.3 Å². The molecule has 0 spiro atoms. The Kier molecular flexibility index (Phi) is 4.79. The predicted molar refractivity (Wildman–Crippen MR) is 76.7 cm³/mol. The Morgan fingerprint density at radius 1 is 1.33 bits per heavy atom. The van der Waals surface area contributed by atoms with Crippen molar-refractivity contribution in [2.75, 3.05) is 0 Å². The van der Waals surface area contributed by atoms with E-state index in [0.29, 0.717) is 0 Å². The van der Waals surface area contributed by atoms with Crippen LogP contribution in [0.2, 0.25) is 0 Å². The molecule has 100 valence electrons. The summed E-state index contributed by atoms with van der Waals surface area (Å²) in [5.41, 5.74) is 8.33. The van der Waals surface area contributed by atoms with E-state index >= 15 is 0 Å². The van der Waals surface area contributed by atoms with Crippen molar-refractivity contribution in [3.63, 3.8) is 0 Å². The van der Waals surface area contributed by atoms with Crippen molar-refractivity contribution in [1.29, 1.82) is 0 Å². The zero-order valence-electron chi connectivity index (χ0n) is 11.3. The molecule has 1 aromatic carbocycles. The Labute approximate surface area is 117 Å². The maximum Gasteiger partial charge on any atom is 0.405 e. The van der Waals surface area contributed by atoms with E-state index in [9.17, 15) is 4.79 Å². The lowest BCUT2D eigenvalue weighted by Gasteiger charge is -2.24. The number of ether oxygens (including phenoxy) is 1. The lowest BCUT2D eigenvalue weighted by Crippen LogP contribution is -2.31. The van der Waals surface area contributed by atoms with Gasteiger partial charge in [-0.15, -0.1) is 0 Å². The molecular formula is C14H20BrNO2. The molecule has 1 rings (SSSR count). The highest BCUT2D eigenvalue weighted by atomic mass is 79.9. The second-order valence-corrected chi connectivity index (χ2v) is 6.11. The first kappa shape index (κ1) is 15.0. The number of rotatable bonds is 4. The first-order valence-corrected chi connectivity index (χ1v) is 6.74. The van der Waals surface area contributed by atoms with Gasteiger partial charge in [-0.2, -0.15) is 0 Å². The maximum absolute atomic E-state index is 10.8. The maximum atomic E-state index is 10.8. The highest BCUT2D eigenvalue weighted by Crippen LogP contribution is 2.25. The van der Waals surface area contributed by atoms with Crippen LogP contribution in [0.5, 0.6) is 0 Å². The van der Waals surface area contributed by atoms with Crippen LogP contribution < -0.4 is 5.73 Å². The third-order valence-electron chi connectivity index (χ3n) is 3.01. The molecule has 4 heteroatoms. The fraction of sp³-hybridized carbons (Fsp3) is 0.500. The van der Waals surface area contributed by atoms with Gasteiger partial charge in [-0.05, 0) is 69.4 Å². The van der Waals surface area contributed by atoms with E-state index in [4.69, 9.17) is 10.5 Å². The van der Waals surface area contributed by atoms with Crippen molar-refractivity contribution in [2.24, 2.45) is 5.73 Å². The molecule has 0 fully saturated rings. The quantitative estimate of drug-likeness (QED) is 0.917. The van der Waals surface area contributed by atoms with Crippen molar-refractivity contribution in [1.82, 2.24) is 0 Å². The molecular weight excluding hydrogens is 294 g/mol. The number of hydrogen-bond donors (Lipinski definition) is 1. The molecule has 0 saturated heterocycles. The summed E-state index contributed by atoms with van der Waals surface area (Å²) in [6, 6.07) is 4.20. The summed E-state index contributed by atoms with van der Waals surface area (Å²) in [4.78, 5) is 10.8. The van der Waals surface area contributed by atoms with Gasteiger partial charge in [-0.3, -0.25) is 0 Å². The van der Waals surface area contributed by atoms with E-state index in [-0.39, 0.29) is 0 Å². The smallest absolute Gasteiger partial charge is 0.405 e. The topological polar surface area (TPSA) is 52.3 Å². The number of halogens is 1. The average Bonchev–Trinajstić information content (AvgIpc) is 2.12. The number of carbonyl (C=O) groups is 1. The molecule has 0 aliphatic heterocycles. The van der Waals surface area contributed by atoms with E-state index < -0.39 is 11.7 Å². The number of carbonyl (C=O) groups excluding carboxylic acids is 1. The van der Waals surface area contributed by atoms with Gasteiger partial charge in [0.05, 0.1) is 0 Å². The normalized spacial score (nSPS) is 11.4. The minimum atomic E-state index is -0.718. The first-order chi connectivity index (χ1) is 8.21. The zero-order valence-corrected chi connectivity index (χ0v) is 12.9. The minimum absolute atomic E-state index is 0.530. The number of amides is 1. The molecule has 0 bridgehead atoms. The van der Waals surface area contributed by atoms with Crippen LogP contribution >= 0.6 is 15.9 Å². The molecule has 3 nitrogen and oxygen atoms in total. The molecule has 18 heavy (non-hydrogen) atoms. The first-order valence-electron chi connectivity index (χ1n) is 5.95. The fourth-order valence-corrected chi connectivity index (χ4v) is 2.77. The third kappa shape index (κ3) is 4.33. The molecule has 2 N–H and O–H groups in total. The van der Waals surface area contributed by atoms with Gasteiger partial charge in [0.15, 0.2) is 0 Å². The summed E-state index contributed by atoms with van der Waals surface area (Å²) in [6.07, 6.45) is 0.897. The minimum Gasteiger partial charge on any atom is -0.444 e. The predicted octanol–water partition coefficient (Wildman–Crippen LogP) is 3.87. The Hall–Kier alpha value is -1.03. The highest BCUT2D eigenvalue weighted by Gasteiger charge is 2.22. The van der Waals surface area contributed by atoms with Gasteiger partial charge in [0.1, 0.15) is 5.60 Å². The van der Waals surface area contributed by atoms with Crippen LogP contribution in [-0.4, -0.2) is 11.7 Å². The van der Waals surface area contributed by atoms with Gasteiger partial charge in [0, 0.05) is 4.47 Å². The third-order valence-corrected chi connectivity index (χ3v) is 3.47. The van der Waals surface area contributed by atoms with Gasteiger partial charge in [-0.1, -0.05) is 15.9 Å². The van der Waals surface area contributed by atoms with Crippen LogP contribution in [-0.2, 0) is 11.2 Å². The molecule has 1 aromatic rings. The number of primary amides is 1. The van der Waals surface area contributed by atoms with Gasteiger partial charge in [-0.25, -0.2) is 4.79 Å². The summed E-state index contributed by atoms with van der Waals surface area (Å²) >= 11 is 3.48. The van der Waals surface area contributed by atoms with Crippen LogP contribution in [0.25, 0.3) is 0 Å². The SMILES string of the molecule is Cc1cc(Br)cc(C)c1CCC(C)(C)OC(N)=O. The van der Waals surface area contributed by atoms with Crippen LogP contribution in [0.15, 0.2) is 16.6 Å². The van der Waals surface area contributed by atoms with Crippen molar-refractivity contribution in [3.8, 4) is 0 Å². The van der Waals surface area contributed by atoms with Crippen LogP contribution in [0, 0.1) is 13.8 Å². The molecule has 0 heterocycles. The summed E-state index contributed by atoms with van der Waals surface area (Å²) in [6.45, 7) is 7.94. The van der Waals surface area contributed by atoms with E-state index in [0.717, 1.165) is 17.3 Å². The molecule has 0 radical (unpaired) electrons. The molecule has 0 atom stereocenters. The lowest BCUT2D eigenvalue weighted by molar-refractivity contribution is 0.0394. The summed E-state index contributed by atoms with van der Waals surface area (Å²) < 4.78 is 6.18. The highest BCUT2D eigenvalue weighted by molar-refractivity contribution is 9.10. The largest absolute Gasteiger partial charge is 0.444 e. The molecule has 1 amide bonds. The summed E-state index contributed by atoms with van der Waals surface area (Å²) in [5, 5.41) is 0. The Balaban J connectivity index is 2.78. The zero-order chi connectivity index (χ0) is 13.9. The molecule has 0 saturated carbocycles. The van der Waals surface area contributed by atoms with E-state index in [1.165, 1.54) is 16.7 Å². The van der Waals surface area contributed by atoms with Crippen LogP contribution in [0.1, 0.15) is 37.0 Å². The van der Waals surface area contributed by atoms with E-state index in [2.05, 4.69) is 41.9 Å². The van der Waals surface area contributed by atoms with E-state index in [1.807, 2.05) is 13.8 Å². The Morgan fingerprint density at radius 2 is 1.83 bits per heavy atom. The summed E-state index contributed by atoms with van der Waals surface area (Å²) in [5.74, 6) is 0. The lowest BCUT2D eigenvalue weighted by atomic mass is 9.93. The van der Waals surface area contributed by atoms with Gasteiger partial charge >= 0.3 is 6.09 Å². The molecule has 0 aliphatic rings. The Bertz CT molecular complexity index is 432. The second-order valence-electron chi connectivity index (χ2n) is 5.20. The molecule has 0 unspecified atom stereocenters. The number of hydrogen-bond acceptors (Lipinski definition) is 2. The van der Waals surface area contributed by atoms with Crippen LogP contribution in [0.3, 0.4) is 0 Å². The number of aryl methyl sites for hydroxylation is 2. The van der Waals surface area contributed by atoms with Crippen molar-refractivity contribution < 1.29 is 9.53 Å². The van der Waals surface area contributed by atoms with E-state index in [1.54, 1.807) is 0 Å². The van der Waals surface area contributed by atoms with Gasteiger partial charge in [0.2, 0.25) is 0 Å². The number of nitrogens with two attached hydrogens (primary N) is 1. The monoisotopic (exact) mass is 313 g/mol. The second kappa shape index (κ2) is 5.74.